The highest BCUT2D eigenvalue weighted by atomic mass is 19.1. The molecule has 1 fully saturated rings. The van der Waals surface area contributed by atoms with Crippen molar-refractivity contribution in [2.75, 3.05) is 26.7 Å². The normalized spacial score (nSPS) is 20.1. The lowest BCUT2D eigenvalue weighted by molar-refractivity contribution is -0.134. The number of nitrogens with zero attached hydrogens (tertiary/aromatic N) is 1. The molecule has 2 rings (SSSR count). The Kier molecular flexibility index (Phi) is 5.12. The maximum atomic E-state index is 13.6. The van der Waals surface area contributed by atoms with Gasteiger partial charge in [-0.1, -0.05) is 25.1 Å². The number of carbonyl (C=O) groups excluding carboxylic acids is 1. The van der Waals surface area contributed by atoms with Gasteiger partial charge in [0.05, 0.1) is 0 Å². The van der Waals surface area contributed by atoms with Gasteiger partial charge in [0.25, 0.3) is 0 Å². The number of amides is 1. The van der Waals surface area contributed by atoms with Crippen LogP contribution in [0.3, 0.4) is 0 Å². The average molecular weight is 278 g/mol. The van der Waals surface area contributed by atoms with Crippen LogP contribution in [0.15, 0.2) is 24.3 Å². The second kappa shape index (κ2) is 6.84. The van der Waals surface area contributed by atoms with Crippen LogP contribution in [0.1, 0.15) is 18.9 Å². The van der Waals surface area contributed by atoms with Crippen molar-refractivity contribution in [1.82, 2.24) is 10.2 Å². The Labute approximate surface area is 120 Å². The third-order valence-corrected chi connectivity index (χ3v) is 4.00. The number of carbonyl (C=O) groups is 1. The van der Waals surface area contributed by atoms with Gasteiger partial charge in [-0.25, -0.2) is 4.39 Å². The fourth-order valence-electron chi connectivity index (χ4n) is 2.88. The standard InChI is InChI=1S/C16H23FN2O/c1-12(9-14-5-3-4-6-15(14)17)16(20)19-8-7-13(11-19)10-18-2/h3-6,12-13,18H,7-11H2,1-2H3/t12-,13+/m0/s1. The number of benzene rings is 1. The average Bonchev–Trinajstić information content (AvgIpc) is 2.89. The smallest absolute Gasteiger partial charge is 0.225 e. The minimum absolute atomic E-state index is 0.145. The summed E-state index contributed by atoms with van der Waals surface area (Å²) in [5.74, 6) is 0.304. The van der Waals surface area contributed by atoms with Gasteiger partial charge in [-0.15, -0.1) is 0 Å². The minimum atomic E-state index is -0.221. The molecule has 0 unspecified atom stereocenters. The molecule has 0 spiro atoms. The zero-order valence-electron chi connectivity index (χ0n) is 12.2. The van der Waals surface area contributed by atoms with Crippen LogP contribution in [0, 0.1) is 17.7 Å². The molecule has 1 aromatic carbocycles. The lowest BCUT2D eigenvalue weighted by Gasteiger charge is -2.21. The highest BCUT2D eigenvalue weighted by molar-refractivity contribution is 5.79. The number of halogens is 1. The highest BCUT2D eigenvalue weighted by Gasteiger charge is 2.28. The molecule has 20 heavy (non-hydrogen) atoms. The van der Waals surface area contributed by atoms with E-state index in [4.69, 9.17) is 0 Å². The van der Waals surface area contributed by atoms with Crippen LogP contribution in [0.2, 0.25) is 0 Å². The van der Waals surface area contributed by atoms with Crippen LogP contribution in [0.5, 0.6) is 0 Å². The first-order valence-corrected chi connectivity index (χ1v) is 7.28. The van der Waals surface area contributed by atoms with Crippen LogP contribution in [-0.2, 0) is 11.2 Å². The Morgan fingerprint density at radius 1 is 1.50 bits per heavy atom. The summed E-state index contributed by atoms with van der Waals surface area (Å²) < 4.78 is 13.6. The molecule has 2 atom stereocenters. The fraction of sp³-hybridized carbons (Fsp3) is 0.562. The Balaban J connectivity index is 1.91. The molecule has 110 valence electrons. The van der Waals surface area contributed by atoms with Gasteiger partial charge >= 0.3 is 0 Å². The maximum absolute atomic E-state index is 13.6. The summed E-state index contributed by atoms with van der Waals surface area (Å²) in [6.45, 7) is 4.49. The Morgan fingerprint density at radius 3 is 2.95 bits per heavy atom. The summed E-state index contributed by atoms with van der Waals surface area (Å²) >= 11 is 0. The summed E-state index contributed by atoms with van der Waals surface area (Å²) in [4.78, 5) is 14.3. The van der Waals surface area contributed by atoms with Crippen molar-refractivity contribution in [3.05, 3.63) is 35.6 Å². The SMILES string of the molecule is CNC[C@H]1CCN(C(=O)[C@@H](C)Cc2ccccc2F)C1. The molecule has 1 amide bonds. The van der Waals surface area contributed by atoms with Gasteiger partial charge in [0.2, 0.25) is 5.91 Å². The van der Waals surface area contributed by atoms with Gasteiger partial charge in [-0.2, -0.15) is 0 Å². The largest absolute Gasteiger partial charge is 0.342 e. The lowest BCUT2D eigenvalue weighted by atomic mass is 9.99. The zero-order chi connectivity index (χ0) is 14.5. The summed E-state index contributed by atoms with van der Waals surface area (Å²) in [6, 6.07) is 6.70. The first-order chi connectivity index (χ1) is 9.61. The van der Waals surface area contributed by atoms with Crippen molar-refractivity contribution in [3.63, 3.8) is 0 Å². The molecule has 1 aliphatic heterocycles. The molecule has 1 heterocycles. The van der Waals surface area contributed by atoms with E-state index in [1.54, 1.807) is 12.1 Å². The molecule has 3 nitrogen and oxygen atoms in total. The third kappa shape index (κ3) is 3.57. The van der Waals surface area contributed by atoms with Gasteiger partial charge < -0.3 is 10.2 Å². The van der Waals surface area contributed by atoms with E-state index in [9.17, 15) is 9.18 Å². The number of nitrogens with one attached hydrogen (secondary N) is 1. The van der Waals surface area contributed by atoms with E-state index in [1.165, 1.54) is 6.07 Å². The molecule has 0 saturated carbocycles. The number of hydrogen-bond acceptors (Lipinski definition) is 2. The van der Waals surface area contributed by atoms with Gasteiger partial charge in [0.1, 0.15) is 5.82 Å². The molecule has 1 aromatic rings. The summed E-state index contributed by atoms with van der Waals surface area (Å²) in [5.41, 5.74) is 0.624. The van der Waals surface area contributed by atoms with Crippen LogP contribution < -0.4 is 5.32 Å². The molecular formula is C16H23FN2O. The quantitative estimate of drug-likeness (QED) is 0.894. The van der Waals surface area contributed by atoms with Crippen molar-refractivity contribution < 1.29 is 9.18 Å². The van der Waals surface area contributed by atoms with Crippen LogP contribution in [0.25, 0.3) is 0 Å². The minimum Gasteiger partial charge on any atom is -0.342 e. The zero-order valence-corrected chi connectivity index (χ0v) is 12.2. The van der Waals surface area contributed by atoms with Crippen LogP contribution >= 0.6 is 0 Å². The van der Waals surface area contributed by atoms with Gasteiger partial charge in [0.15, 0.2) is 0 Å². The molecule has 1 saturated heterocycles. The van der Waals surface area contributed by atoms with Crippen molar-refractivity contribution in [3.8, 4) is 0 Å². The van der Waals surface area contributed by atoms with Crippen molar-refractivity contribution >= 4 is 5.91 Å². The molecular weight excluding hydrogens is 255 g/mol. The Bertz CT molecular complexity index is 464. The first kappa shape index (κ1) is 15.0. The molecule has 1 aliphatic rings. The van der Waals surface area contributed by atoms with Gasteiger partial charge in [-0.05, 0) is 44.0 Å². The Hall–Kier alpha value is -1.42. The number of hydrogen-bond donors (Lipinski definition) is 1. The molecule has 0 radical (unpaired) electrons. The van der Waals surface area contributed by atoms with E-state index in [0.29, 0.717) is 17.9 Å². The monoisotopic (exact) mass is 278 g/mol. The summed E-state index contributed by atoms with van der Waals surface area (Å²) in [7, 11) is 1.94. The molecule has 0 bridgehead atoms. The Morgan fingerprint density at radius 2 is 2.25 bits per heavy atom. The van der Waals surface area contributed by atoms with Gasteiger partial charge in [0, 0.05) is 19.0 Å². The van der Waals surface area contributed by atoms with Gasteiger partial charge in [-0.3, -0.25) is 4.79 Å². The van der Waals surface area contributed by atoms with E-state index >= 15 is 0 Å². The first-order valence-electron chi connectivity index (χ1n) is 7.28. The van der Waals surface area contributed by atoms with Crippen molar-refractivity contribution in [1.29, 1.82) is 0 Å². The van der Waals surface area contributed by atoms with E-state index in [1.807, 2.05) is 24.9 Å². The second-order valence-electron chi connectivity index (χ2n) is 5.69. The predicted octanol–water partition coefficient (Wildman–Crippen LogP) is 2.07. The second-order valence-corrected chi connectivity index (χ2v) is 5.69. The fourth-order valence-corrected chi connectivity index (χ4v) is 2.88. The van der Waals surface area contributed by atoms with E-state index in [0.717, 1.165) is 26.1 Å². The van der Waals surface area contributed by atoms with E-state index in [-0.39, 0.29) is 17.6 Å². The van der Waals surface area contributed by atoms with E-state index < -0.39 is 0 Å². The molecule has 4 heteroatoms. The topological polar surface area (TPSA) is 32.3 Å². The lowest BCUT2D eigenvalue weighted by Crippen LogP contribution is -2.35. The van der Waals surface area contributed by atoms with Crippen molar-refractivity contribution in [2.45, 2.75) is 19.8 Å². The van der Waals surface area contributed by atoms with Crippen LogP contribution in [0.4, 0.5) is 4.39 Å². The van der Waals surface area contributed by atoms with E-state index in [2.05, 4.69) is 5.32 Å². The highest BCUT2D eigenvalue weighted by Crippen LogP contribution is 2.20. The molecule has 0 aliphatic carbocycles. The summed E-state index contributed by atoms with van der Waals surface area (Å²) in [6.07, 6.45) is 1.53. The maximum Gasteiger partial charge on any atom is 0.225 e. The van der Waals surface area contributed by atoms with Crippen molar-refractivity contribution in [2.24, 2.45) is 11.8 Å². The number of likely N-dealkylation sites (tertiary alicyclic amines) is 1. The van der Waals surface area contributed by atoms with Crippen LogP contribution in [-0.4, -0.2) is 37.5 Å². The number of rotatable bonds is 5. The predicted molar refractivity (Wildman–Crippen MR) is 77.9 cm³/mol. The molecule has 0 aromatic heterocycles. The molecule has 1 N–H and O–H groups in total. The third-order valence-electron chi connectivity index (χ3n) is 4.00. The summed E-state index contributed by atoms with van der Waals surface area (Å²) in [5, 5.41) is 3.16.